The fourth-order valence-electron chi connectivity index (χ4n) is 2.71. The third-order valence-electron chi connectivity index (χ3n) is 3.91. The van der Waals surface area contributed by atoms with Gasteiger partial charge in [0, 0.05) is 31.2 Å². The van der Waals surface area contributed by atoms with Crippen LogP contribution in [-0.2, 0) is 6.54 Å². The van der Waals surface area contributed by atoms with Gasteiger partial charge in [0.05, 0.1) is 6.54 Å². The molecule has 0 aromatic carbocycles. The van der Waals surface area contributed by atoms with E-state index in [0.717, 1.165) is 36.5 Å². The molecule has 0 amide bonds. The second kappa shape index (κ2) is 8.34. The lowest BCUT2D eigenvalue weighted by molar-refractivity contribution is 0.183. The van der Waals surface area contributed by atoms with Gasteiger partial charge in [-0.15, -0.1) is 11.3 Å². The molecule has 1 aliphatic heterocycles. The molecule has 1 atom stereocenters. The van der Waals surface area contributed by atoms with E-state index in [1.807, 2.05) is 13.2 Å². The fourth-order valence-corrected chi connectivity index (χ4v) is 3.44. The average molecular weight is 309 g/mol. The molecule has 2 N–H and O–H groups in total. The van der Waals surface area contributed by atoms with Gasteiger partial charge in [0.15, 0.2) is 5.96 Å². The van der Waals surface area contributed by atoms with Crippen LogP contribution >= 0.6 is 11.3 Å². The van der Waals surface area contributed by atoms with E-state index in [9.17, 15) is 0 Å². The minimum atomic E-state index is 0.722. The Morgan fingerprint density at radius 1 is 1.52 bits per heavy atom. The summed E-state index contributed by atoms with van der Waals surface area (Å²) in [7, 11) is 1.82. The van der Waals surface area contributed by atoms with E-state index in [1.165, 1.54) is 30.8 Å². The summed E-state index contributed by atoms with van der Waals surface area (Å²) in [6.07, 6.45) is 4.54. The van der Waals surface area contributed by atoms with E-state index in [-0.39, 0.29) is 0 Å². The number of guanidine groups is 1. The van der Waals surface area contributed by atoms with Crippen molar-refractivity contribution in [2.45, 2.75) is 33.2 Å². The predicted octanol–water partition coefficient (Wildman–Crippen LogP) is 1.85. The number of likely N-dealkylation sites (tertiary alicyclic amines) is 1. The molecular formula is C15H27N5S. The maximum Gasteiger partial charge on any atom is 0.191 e. The van der Waals surface area contributed by atoms with Crippen molar-refractivity contribution in [2.75, 3.05) is 33.2 Å². The van der Waals surface area contributed by atoms with Crippen LogP contribution in [0, 0.1) is 12.8 Å². The number of nitrogens with one attached hydrogen (secondary N) is 2. The number of aliphatic imine (C=N–C) groups is 1. The summed E-state index contributed by atoms with van der Waals surface area (Å²) in [5.41, 5.74) is 0. The van der Waals surface area contributed by atoms with Gasteiger partial charge in [-0.1, -0.05) is 6.92 Å². The van der Waals surface area contributed by atoms with E-state index in [4.69, 9.17) is 0 Å². The molecule has 0 saturated carbocycles. The largest absolute Gasteiger partial charge is 0.356 e. The molecule has 0 radical (unpaired) electrons. The Balaban J connectivity index is 1.72. The van der Waals surface area contributed by atoms with Crippen molar-refractivity contribution < 1.29 is 0 Å². The first kappa shape index (κ1) is 16.2. The highest BCUT2D eigenvalue weighted by atomic mass is 32.1. The van der Waals surface area contributed by atoms with Crippen LogP contribution < -0.4 is 10.6 Å². The van der Waals surface area contributed by atoms with Crippen LogP contribution in [0.2, 0.25) is 0 Å². The van der Waals surface area contributed by atoms with Gasteiger partial charge < -0.3 is 15.5 Å². The van der Waals surface area contributed by atoms with E-state index in [1.54, 1.807) is 11.3 Å². The number of aromatic nitrogens is 1. The minimum absolute atomic E-state index is 0.722. The molecule has 6 heteroatoms. The van der Waals surface area contributed by atoms with Gasteiger partial charge >= 0.3 is 0 Å². The van der Waals surface area contributed by atoms with E-state index < -0.39 is 0 Å². The van der Waals surface area contributed by atoms with Crippen LogP contribution in [0.3, 0.4) is 0 Å². The lowest BCUT2D eigenvalue weighted by Crippen LogP contribution is -2.44. The Labute approximate surface area is 131 Å². The zero-order chi connectivity index (χ0) is 15.1. The zero-order valence-electron chi connectivity index (χ0n) is 13.4. The quantitative estimate of drug-likeness (QED) is 0.644. The predicted molar refractivity (Wildman–Crippen MR) is 89.9 cm³/mol. The summed E-state index contributed by atoms with van der Waals surface area (Å²) in [5, 5.41) is 7.89. The molecule has 0 spiro atoms. The standard InChI is InChI=1S/C15H27N5S/c1-4-20-7-5-6-13(11-20)9-18-15(16-3)19-10-14-17-8-12(2)21-14/h8,13H,4-7,9-11H2,1-3H3,(H2,16,18,19). The van der Waals surface area contributed by atoms with Crippen molar-refractivity contribution in [1.82, 2.24) is 20.5 Å². The molecule has 21 heavy (non-hydrogen) atoms. The maximum absolute atomic E-state index is 4.36. The molecule has 0 bridgehead atoms. The molecular weight excluding hydrogens is 282 g/mol. The average Bonchev–Trinajstić information content (AvgIpc) is 2.93. The third-order valence-corrected chi connectivity index (χ3v) is 4.82. The van der Waals surface area contributed by atoms with Crippen LogP contribution in [0.4, 0.5) is 0 Å². The monoisotopic (exact) mass is 309 g/mol. The Morgan fingerprint density at radius 3 is 3.05 bits per heavy atom. The van der Waals surface area contributed by atoms with Gasteiger partial charge in [-0.25, -0.2) is 4.98 Å². The first-order chi connectivity index (χ1) is 10.2. The minimum Gasteiger partial charge on any atom is -0.356 e. The maximum atomic E-state index is 4.36. The third kappa shape index (κ3) is 5.28. The van der Waals surface area contributed by atoms with Gasteiger partial charge in [0.2, 0.25) is 0 Å². The van der Waals surface area contributed by atoms with Gasteiger partial charge in [-0.3, -0.25) is 4.99 Å². The lowest BCUT2D eigenvalue weighted by atomic mass is 9.98. The lowest BCUT2D eigenvalue weighted by Gasteiger charge is -2.32. The SMILES string of the molecule is CCN1CCCC(CNC(=NC)NCc2ncc(C)s2)C1. The Bertz CT molecular complexity index is 457. The summed E-state index contributed by atoms with van der Waals surface area (Å²) >= 11 is 1.73. The van der Waals surface area contributed by atoms with Gasteiger partial charge in [0.25, 0.3) is 0 Å². The van der Waals surface area contributed by atoms with Crippen LogP contribution in [0.25, 0.3) is 0 Å². The number of aryl methyl sites for hydroxylation is 1. The molecule has 1 aromatic heterocycles. The number of rotatable bonds is 5. The highest BCUT2D eigenvalue weighted by Gasteiger charge is 2.18. The molecule has 5 nitrogen and oxygen atoms in total. The van der Waals surface area contributed by atoms with Crippen molar-refractivity contribution in [3.05, 3.63) is 16.1 Å². The summed E-state index contributed by atoms with van der Waals surface area (Å²) in [4.78, 5) is 12.4. The number of piperidine rings is 1. The summed E-state index contributed by atoms with van der Waals surface area (Å²) in [6.45, 7) is 9.67. The van der Waals surface area contributed by atoms with Crippen LogP contribution in [0.15, 0.2) is 11.2 Å². The topological polar surface area (TPSA) is 52.5 Å². The molecule has 1 fully saturated rings. The second-order valence-corrected chi connectivity index (χ2v) is 6.89. The fraction of sp³-hybridized carbons (Fsp3) is 0.733. The molecule has 1 saturated heterocycles. The van der Waals surface area contributed by atoms with Crippen LogP contribution in [-0.4, -0.2) is 49.1 Å². The highest BCUT2D eigenvalue weighted by molar-refractivity contribution is 7.11. The Morgan fingerprint density at radius 2 is 2.38 bits per heavy atom. The zero-order valence-corrected chi connectivity index (χ0v) is 14.2. The van der Waals surface area contributed by atoms with E-state index in [0.29, 0.717) is 0 Å². The van der Waals surface area contributed by atoms with E-state index >= 15 is 0 Å². The summed E-state index contributed by atoms with van der Waals surface area (Å²) in [5.74, 6) is 1.59. The molecule has 118 valence electrons. The van der Waals surface area contributed by atoms with Gasteiger partial charge in [-0.2, -0.15) is 0 Å². The molecule has 1 unspecified atom stereocenters. The number of thiazole rings is 1. The molecule has 0 aliphatic carbocycles. The Hall–Kier alpha value is -1.14. The second-order valence-electron chi connectivity index (χ2n) is 5.57. The molecule has 1 aliphatic rings. The van der Waals surface area contributed by atoms with Crippen molar-refractivity contribution >= 4 is 17.3 Å². The van der Waals surface area contributed by atoms with Gasteiger partial charge in [-0.05, 0) is 38.8 Å². The van der Waals surface area contributed by atoms with Crippen LogP contribution in [0.5, 0.6) is 0 Å². The van der Waals surface area contributed by atoms with Crippen molar-refractivity contribution in [2.24, 2.45) is 10.9 Å². The highest BCUT2D eigenvalue weighted by Crippen LogP contribution is 2.15. The smallest absolute Gasteiger partial charge is 0.191 e. The number of hydrogen-bond acceptors (Lipinski definition) is 4. The number of hydrogen-bond donors (Lipinski definition) is 2. The van der Waals surface area contributed by atoms with E-state index in [2.05, 4.69) is 39.4 Å². The van der Waals surface area contributed by atoms with Gasteiger partial charge in [0.1, 0.15) is 5.01 Å². The van der Waals surface area contributed by atoms with Crippen molar-refractivity contribution in [3.8, 4) is 0 Å². The first-order valence-electron chi connectivity index (χ1n) is 7.79. The summed E-state index contributed by atoms with van der Waals surface area (Å²) < 4.78 is 0. The number of nitrogens with zero attached hydrogens (tertiary/aromatic N) is 3. The first-order valence-corrected chi connectivity index (χ1v) is 8.61. The van der Waals surface area contributed by atoms with Crippen molar-refractivity contribution in [3.63, 3.8) is 0 Å². The molecule has 1 aromatic rings. The van der Waals surface area contributed by atoms with Crippen molar-refractivity contribution in [1.29, 1.82) is 0 Å². The molecule has 2 rings (SSSR count). The van der Waals surface area contributed by atoms with Crippen LogP contribution in [0.1, 0.15) is 29.7 Å². The molecule has 2 heterocycles. The normalized spacial score (nSPS) is 20.5. The summed E-state index contributed by atoms with van der Waals surface area (Å²) in [6, 6.07) is 0. The Kier molecular flexibility index (Phi) is 6.45.